The first-order valence-corrected chi connectivity index (χ1v) is 11.4. The second kappa shape index (κ2) is 10.6. The largest absolute Gasteiger partial charge is 0.497 e. The molecule has 0 saturated carbocycles. The number of nitrogens with zero attached hydrogens (tertiary/aromatic N) is 1. The van der Waals surface area contributed by atoms with Crippen LogP contribution in [0.1, 0.15) is 16.7 Å². The van der Waals surface area contributed by atoms with Crippen LogP contribution in [0.2, 0.25) is 0 Å². The molecule has 0 bridgehead atoms. The average Bonchev–Trinajstić information content (AvgIpc) is 2.80. The number of hydrogen-bond donors (Lipinski definition) is 1. The highest BCUT2D eigenvalue weighted by Crippen LogP contribution is 2.32. The van der Waals surface area contributed by atoms with E-state index in [1.165, 1.54) is 25.5 Å². The van der Waals surface area contributed by atoms with Crippen molar-refractivity contribution in [2.45, 2.75) is 18.2 Å². The summed E-state index contributed by atoms with van der Waals surface area (Å²) in [5.74, 6) is 0.470. The van der Waals surface area contributed by atoms with E-state index in [1.807, 2.05) is 6.92 Å². The van der Waals surface area contributed by atoms with Gasteiger partial charge >= 0.3 is 10.1 Å². The minimum Gasteiger partial charge on any atom is -0.497 e. The first kappa shape index (κ1) is 23.8. The number of para-hydroxylation sites is 1. The van der Waals surface area contributed by atoms with Gasteiger partial charge in [0, 0.05) is 5.56 Å². The van der Waals surface area contributed by atoms with E-state index in [9.17, 15) is 13.2 Å². The fourth-order valence-corrected chi connectivity index (χ4v) is 3.89. The zero-order chi connectivity index (χ0) is 23.8. The van der Waals surface area contributed by atoms with E-state index in [4.69, 9.17) is 13.7 Å². The lowest BCUT2D eigenvalue weighted by Gasteiger charge is -2.13. The summed E-state index contributed by atoms with van der Waals surface area (Å²) in [6.07, 6.45) is 1.39. The van der Waals surface area contributed by atoms with Crippen molar-refractivity contribution < 1.29 is 26.9 Å². The lowest BCUT2D eigenvalue weighted by Crippen LogP contribution is -2.20. The van der Waals surface area contributed by atoms with Crippen molar-refractivity contribution in [2.24, 2.45) is 5.10 Å². The predicted octanol–water partition coefficient (Wildman–Crippen LogP) is 3.47. The third kappa shape index (κ3) is 6.33. The Labute approximate surface area is 192 Å². The van der Waals surface area contributed by atoms with Crippen LogP contribution in [-0.4, -0.2) is 34.8 Å². The molecule has 3 aromatic carbocycles. The van der Waals surface area contributed by atoms with Gasteiger partial charge in [-0.2, -0.15) is 13.5 Å². The van der Waals surface area contributed by atoms with Crippen molar-refractivity contribution >= 4 is 22.2 Å². The highest BCUT2D eigenvalue weighted by atomic mass is 32.2. The standard InChI is InChI=1S/C24H24N2O6S/c1-17-10-12-21(13-11-17)33(28,29)32-24-19(7-5-9-22(24)31-3)16-25-26-23(27)15-18-6-4-8-20(14-18)30-2/h4-14,16H,15H2,1-3H3,(H,26,27). The van der Waals surface area contributed by atoms with Crippen LogP contribution in [0.25, 0.3) is 0 Å². The van der Waals surface area contributed by atoms with Gasteiger partial charge < -0.3 is 13.7 Å². The number of carbonyl (C=O) groups excluding carboxylic acids is 1. The molecule has 8 nitrogen and oxygen atoms in total. The van der Waals surface area contributed by atoms with Crippen molar-refractivity contribution in [1.29, 1.82) is 0 Å². The van der Waals surface area contributed by atoms with E-state index in [2.05, 4.69) is 10.5 Å². The maximum atomic E-state index is 12.8. The Morgan fingerprint density at radius 2 is 1.73 bits per heavy atom. The topological polar surface area (TPSA) is 103 Å². The van der Waals surface area contributed by atoms with E-state index in [0.29, 0.717) is 11.3 Å². The SMILES string of the molecule is COc1cccc(CC(=O)NN=Cc2cccc(OC)c2OS(=O)(=O)c2ccc(C)cc2)c1. The monoisotopic (exact) mass is 468 g/mol. The van der Waals surface area contributed by atoms with Gasteiger partial charge in [-0.25, -0.2) is 5.43 Å². The van der Waals surface area contributed by atoms with Crippen LogP contribution in [0.5, 0.6) is 17.2 Å². The van der Waals surface area contributed by atoms with Crippen LogP contribution >= 0.6 is 0 Å². The van der Waals surface area contributed by atoms with Crippen molar-refractivity contribution in [3.8, 4) is 17.2 Å². The molecule has 0 unspecified atom stereocenters. The molecule has 0 aromatic heterocycles. The Bertz CT molecular complexity index is 1250. The number of hydrazone groups is 1. The van der Waals surface area contributed by atoms with Gasteiger partial charge in [0.15, 0.2) is 11.5 Å². The molecule has 0 heterocycles. The Hall–Kier alpha value is -3.85. The Kier molecular flexibility index (Phi) is 7.68. The molecule has 0 aliphatic heterocycles. The maximum Gasteiger partial charge on any atom is 0.339 e. The minimum atomic E-state index is -4.11. The second-order valence-corrected chi connectivity index (χ2v) is 8.60. The van der Waals surface area contributed by atoms with E-state index in [1.54, 1.807) is 61.7 Å². The maximum absolute atomic E-state index is 12.8. The van der Waals surface area contributed by atoms with Gasteiger partial charge in [-0.15, -0.1) is 0 Å². The molecule has 0 fully saturated rings. The van der Waals surface area contributed by atoms with Gasteiger partial charge in [0.2, 0.25) is 5.91 Å². The number of carbonyl (C=O) groups is 1. The van der Waals surface area contributed by atoms with Gasteiger partial charge in [0.05, 0.1) is 26.9 Å². The van der Waals surface area contributed by atoms with E-state index < -0.39 is 10.1 Å². The molecular weight excluding hydrogens is 444 g/mol. The molecule has 0 aliphatic rings. The molecule has 0 aliphatic carbocycles. The zero-order valence-electron chi connectivity index (χ0n) is 18.4. The number of hydrogen-bond acceptors (Lipinski definition) is 7. The number of ether oxygens (including phenoxy) is 2. The first-order valence-electron chi connectivity index (χ1n) is 9.95. The molecular formula is C24H24N2O6S. The lowest BCUT2D eigenvalue weighted by molar-refractivity contribution is -0.120. The average molecular weight is 469 g/mol. The highest BCUT2D eigenvalue weighted by molar-refractivity contribution is 7.87. The van der Waals surface area contributed by atoms with Crippen LogP contribution < -0.4 is 19.1 Å². The molecule has 0 spiro atoms. The number of amides is 1. The third-order valence-corrected chi connectivity index (χ3v) is 5.86. The van der Waals surface area contributed by atoms with Crippen molar-refractivity contribution in [1.82, 2.24) is 5.43 Å². The number of benzene rings is 3. The molecule has 33 heavy (non-hydrogen) atoms. The smallest absolute Gasteiger partial charge is 0.339 e. The zero-order valence-corrected chi connectivity index (χ0v) is 19.3. The van der Waals surface area contributed by atoms with Crippen molar-refractivity contribution in [3.05, 3.63) is 83.4 Å². The van der Waals surface area contributed by atoms with Gasteiger partial charge in [-0.05, 0) is 48.9 Å². The van der Waals surface area contributed by atoms with Crippen LogP contribution in [0.3, 0.4) is 0 Å². The molecule has 0 atom stereocenters. The second-order valence-electron chi connectivity index (χ2n) is 7.05. The fourth-order valence-electron chi connectivity index (χ4n) is 2.93. The van der Waals surface area contributed by atoms with Crippen LogP contribution in [-0.2, 0) is 21.3 Å². The molecule has 9 heteroatoms. The van der Waals surface area contributed by atoms with Gasteiger partial charge in [-0.3, -0.25) is 4.79 Å². The molecule has 172 valence electrons. The van der Waals surface area contributed by atoms with E-state index >= 15 is 0 Å². The number of rotatable bonds is 9. The lowest BCUT2D eigenvalue weighted by atomic mass is 10.1. The quantitative estimate of drug-likeness (QED) is 0.293. The number of methoxy groups -OCH3 is 2. The van der Waals surface area contributed by atoms with Crippen LogP contribution in [0.15, 0.2) is 76.7 Å². The predicted molar refractivity (Wildman–Crippen MR) is 124 cm³/mol. The summed E-state index contributed by atoms with van der Waals surface area (Å²) < 4.78 is 41.3. The van der Waals surface area contributed by atoms with Gasteiger partial charge in [0.1, 0.15) is 10.6 Å². The Balaban J connectivity index is 1.77. The summed E-state index contributed by atoms with van der Waals surface area (Å²) in [7, 11) is -1.16. The van der Waals surface area contributed by atoms with Gasteiger partial charge in [-0.1, -0.05) is 35.9 Å². The summed E-state index contributed by atoms with van der Waals surface area (Å²) in [6, 6.07) is 18.2. The summed E-state index contributed by atoms with van der Waals surface area (Å²) in [4.78, 5) is 12.2. The molecule has 3 aromatic rings. The Morgan fingerprint density at radius 1 is 1.00 bits per heavy atom. The summed E-state index contributed by atoms with van der Waals surface area (Å²) >= 11 is 0. The van der Waals surface area contributed by atoms with Crippen LogP contribution in [0.4, 0.5) is 0 Å². The number of aryl methyl sites for hydroxylation is 1. The van der Waals surface area contributed by atoms with E-state index in [0.717, 1.165) is 11.1 Å². The summed E-state index contributed by atoms with van der Waals surface area (Å²) in [5.41, 5.74) is 4.42. The number of nitrogens with one attached hydrogen (secondary N) is 1. The van der Waals surface area contributed by atoms with E-state index in [-0.39, 0.29) is 28.7 Å². The molecule has 0 saturated heterocycles. The summed E-state index contributed by atoms with van der Waals surface area (Å²) in [5, 5.41) is 3.94. The third-order valence-electron chi connectivity index (χ3n) is 4.62. The molecule has 0 radical (unpaired) electrons. The van der Waals surface area contributed by atoms with Crippen molar-refractivity contribution in [3.63, 3.8) is 0 Å². The van der Waals surface area contributed by atoms with Crippen LogP contribution in [0, 0.1) is 6.92 Å². The molecule has 3 rings (SSSR count). The normalized spacial score (nSPS) is 11.2. The highest BCUT2D eigenvalue weighted by Gasteiger charge is 2.21. The minimum absolute atomic E-state index is 0.00786. The summed E-state index contributed by atoms with van der Waals surface area (Å²) in [6.45, 7) is 1.86. The first-order chi connectivity index (χ1) is 15.8. The fraction of sp³-hybridized carbons (Fsp3) is 0.167. The van der Waals surface area contributed by atoms with Gasteiger partial charge in [0.25, 0.3) is 0 Å². The Morgan fingerprint density at radius 3 is 2.42 bits per heavy atom. The molecule has 1 N–H and O–H groups in total. The molecule has 1 amide bonds. The van der Waals surface area contributed by atoms with Crippen molar-refractivity contribution in [2.75, 3.05) is 14.2 Å².